The molecule has 0 aromatic heterocycles. The van der Waals surface area contributed by atoms with Crippen LogP contribution in [0.25, 0.3) is 0 Å². The Morgan fingerprint density at radius 1 is 0.356 bits per heavy atom. The van der Waals surface area contributed by atoms with Gasteiger partial charge in [0, 0.05) is 69.5 Å². The molecule has 1 N–H and O–H groups in total. The number of rotatable bonds is 5. The highest BCUT2D eigenvalue weighted by molar-refractivity contribution is 4.71. The molecule has 5 rings (SSSR count). The highest BCUT2D eigenvalue weighted by atomic mass is 16.5. The number of ether oxygens (including phenoxy) is 1. The number of nitrogens with zero attached hydrogens (tertiary/aromatic N) is 5. The summed E-state index contributed by atoms with van der Waals surface area (Å²) in [6, 6.07) is 3.73. The molecule has 0 aromatic carbocycles. The average Bonchev–Trinajstić information content (AvgIpc) is 3.60. The van der Waals surface area contributed by atoms with Gasteiger partial charge in [0.25, 0.3) is 0 Å². The second-order valence-corrected chi connectivity index (χ2v) is 14.8. The zero-order valence-corrected chi connectivity index (χ0v) is 31.6. The van der Waals surface area contributed by atoms with Crippen LogP contribution in [0.15, 0.2) is 0 Å². The number of morpholine rings is 1. The zero-order chi connectivity index (χ0) is 32.7. The van der Waals surface area contributed by atoms with Crippen LogP contribution in [0.3, 0.4) is 0 Å². The van der Waals surface area contributed by atoms with Crippen LogP contribution in [-0.4, -0.2) is 146 Å². The minimum Gasteiger partial charge on any atom is -0.379 e. The molecule has 0 spiro atoms. The Kier molecular flexibility index (Phi) is 27.5. The minimum atomic E-state index is 0. The van der Waals surface area contributed by atoms with Crippen LogP contribution >= 0.6 is 0 Å². The summed E-state index contributed by atoms with van der Waals surface area (Å²) in [5, 5.41) is 3.33. The molecule has 0 amide bonds. The number of nitrogens with one attached hydrogen (secondary N) is 1. The molecule has 0 unspecified atom stereocenters. The third-order valence-corrected chi connectivity index (χ3v) is 9.77. The lowest BCUT2D eigenvalue weighted by molar-refractivity contribution is 0.0238. The first-order chi connectivity index (χ1) is 21.0. The molecule has 0 saturated carbocycles. The Morgan fingerprint density at radius 2 is 0.600 bits per heavy atom. The first kappa shape index (κ1) is 44.7. The molecule has 272 valence electrons. The van der Waals surface area contributed by atoms with Crippen molar-refractivity contribution in [3.8, 4) is 0 Å². The van der Waals surface area contributed by atoms with Gasteiger partial charge in [0.1, 0.15) is 0 Å². The van der Waals surface area contributed by atoms with Crippen molar-refractivity contribution in [2.45, 2.75) is 158 Å². The fraction of sp³-hybridized carbons (Fsp3) is 1.00. The molecular formula is C38H84N6O. The van der Waals surface area contributed by atoms with Crippen LogP contribution in [0, 0.1) is 0 Å². The number of piperazine rings is 1. The summed E-state index contributed by atoms with van der Waals surface area (Å²) in [5.41, 5.74) is 0. The summed E-state index contributed by atoms with van der Waals surface area (Å²) in [6.45, 7) is 39.4. The van der Waals surface area contributed by atoms with E-state index in [1.54, 1.807) is 0 Å². The Hall–Kier alpha value is -0.280. The highest BCUT2D eigenvalue weighted by Crippen LogP contribution is 2.12. The van der Waals surface area contributed by atoms with Gasteiger partial charge in [0.15, 0.2) is 0 Å². The number of piperidine rings is 2. The summed E-state index contributed by atoms with van der Waals surface area (Å²) in [6.07, 6.45) is 11.4. The number of hydrogen-bond donors (Lipinski definition) is 1. The predicted octanol–water partition coefficient (Wildman–Crippen LogP) is 6.92. The lowest BCUT2D eigenvalue weighted by Gasteiger charge is -2.30. The van der Waals surface area contributed by atoms with Gasteiger partial charge in [-0.2, -0.15) is 0 Å². The SMILES string of the molecule is C.CC(C)N1CCCC1.CC(C)N1CCCCC1.CC(C)N1CCCCC1.CC(C)N1CCNCC1.CC(C)N1CCOCC1. The molecule has 0 aromatic rings. The number of hydrogen-bond acceptors (Lipinski definition) is 7. The third-order valence-electron chi connectivity index (χ3n) is 9.77. The van der Waals surface area contributed by atoms with Gasteiger partial charge in [-0.15, -0.1) is 0 Å². The molecule has 0 atom stereocenters. The summed E-state index contributed by atoms with van der Waals surface area (Å²) in [4.78, 5) is 12.6. The van der Waals surface area contributed by atoms with Crippen molar-refractivity contribution in [2.75, 3.05) is 91.8 Å². The molecule has 0 radical (unpaired) electrons. The summed E-state index contributed by atoms with van der Waals surface area (Å²) in [7, 11) is 0. The van der Waals surface area contributed by atoms with Crippen molar-refractivity contribution in [1.82, 2.24) is 29.8 Å². The van der Waals surface area contributed by atoms with Gasteiger partial charge in [-0.05, 0) is 147 Å². The van der Waals surface area contributed by atoms with Crippen molar-refractivity contribution >= 4 is 0 Å². The van der Waals surface area contributed by atoms with E-state index in [0.29, 0.717) is 6.04 Å². The van der Waals surface area contributed by atoms with E-state index >= 15 is 0 Å². The highest BCUT2D eigenvalue weighted by Gasteiger charge is 2.15. The number of likely N-dealkylation sites (tertiary alicyclic amines) is 3. The van der Waals surface area contributed by atoms with Crippen molar-refractivity contribution in [3.63, 3.8) is 0 Å². The van der Waals surface area contributed by atoms with Gasteiger partial charge in [-0.3, -0.25) is 9.80 Å². The second-order valence-electron chi connectivity index (χ2n) is 14.8. The van der Waals surface area contributed by atoms with Gasteiger partial charge in [-0.1, -0.05) is 20.3 Å². The Balaban J connectivity index is 0.000000535. The maximum atomic E-state index is 5.21. The maximum Gasteiger partial charge on any atom is 0.0594 e. The van der Waals surface area contributed by atoms with Crippen LogP contribution in [0.4, 0.5) is 0 Å². The fourth-order valence-corrected chi connectivity index (χ4v) is 6.42. The van der Waals surface area contributed by atoms with E-state index in [1.807, 2.05) is 0 Å². The molecule has 5 saturated heterocycles. The van der Waals surface area contributed by atoms with Crippen LogP contribution in [0.2, 0.25) is 0 Å². The molecular weight excluding hydrogens is 556 g/mol. The van der Waals surface area contributed by atoms with Gasteiger partial charge in [-0.25, -0.2) is 0 Å². The summed E-state index contributed by atoms with van der Waals surface area (Å²) < 4.78 is 5.21. The van der Waals surface area contributed by atoms with Crippen LogP contribution in [0.1, 0.15) is 128 Å². The van der Waals surface area contributed by atoms with Crippen LogP contribution < -0.4 is 5.32 Å². The van der Waals surface area contributed by atoms with Crippen molar-refractivity contribution in [2.24, 2.45) is 0 Å². The van der Waals surface area contributed by atoms with Crippen molar-refractivity contribution in [3.05, 3.63) is 0 Å². The Labute approximate surface area is 284 Å². The zero-order valence-electron chi connectivity index (χ0n) is 31.6. The molecule has 0 bridgehead atoms. The molecule has 5 fully saturated rings. The molecule has 5 aliphatic heterocycles. The van der Waals surface area contributed by atoms with Crippen LogP contribution in [0.5, 0.6) is 0 Å². The molecule has 0 aliphatic carbocycles. The van der Waals surface area contributed by atoms with Gasteiger partial charge in [0.05, 0.1) is 13.2 Å². The van der Waals surface area contributed by atoms with E-state index in [1.165, 1.54) is 104 Å². The maximum absolute atomic E-state index is 5.21. The Bertz CT molecular complexity index is 526. The molecule has 45 heavy (non-hydrogen) atoms. The van der Waals surface area contributed by atoms with Gasteiger partial charge in [0.2, 0.25) is 0 Å². The van der Waals surface area contributed by atoms with Gasteiger partial charge < -0.3 is 24.8 Å². The third kappa shape index (κ3) is 22.1. The van der Waals surface area contributed by atoms with Crippen LogP contribution in [-0.2, 0) is 4.74 Å². The van der Waals surface area contributed by atoms with E-state index in [4.69, 9.17) is 4.74 Å². The lowest BCUT2D eigenvalue weighted by atomic mass is 10.1. The first-order valence-electron chi connectivity index (χ1n) is 19.0. The second kappa shape index (κ2) is 27.6. The van der Waals surface area contributed by atoms with E-state index in [9.17, 15) is 0 Å². The van der Waals surface area contributed by atoms with E-state index in [0.717, 1.165) is 63.6 Å². The van der Waals surface area contributed by atoms with Crippen molar-refractivity contribution in [1.29, 1.82) is 0 Å². The predicted molar refractivity (Wildman–Crippen MR) is 201 cm³/mol. The largest absolute Gasteiger partial charge is 0.379 e. The topological polar surface area (TPSA) is 37.5 Å². The lowest BCUT2D eigenvalue weighted by Crippen LogP contribution is -2.46. The van der Waals surface area contributed by atoms with Crippen molar-refractivity contribution < 1.29 is 4.74 Å². The monoisotopic (exact) mass is 641 g/mol. The summed E-state index contributed by atoms with van der Waals surface area (Å²) in [5.74, 6) is 0. The Morgan fingerprint density at radius 3 is 0.822 bits per heavy atom. The first-order valence-corrected chi connectivity index (χ1v) is 19.0. The average molecular weight is 641 g/mol. The molecule has 5 aliphatic rings. The standard InChI is InChI=1S/2C8H17N.C7H16N2.C7H15NO.C7H15N.CH4/c2*1-8(2)9-6-4-3-5-7-9;1-7(2)9-5-3-8-4-6-9;1-7(2)8-3-5-9-6-4-8;1-7(2)8-5-3-4-6-8;/h2*8H,3-7H2,1-2H3;7-8H,3-6H2,1-2H3;7H,3-6H2,1-2H3;7H,3-6H2,1-2H3;1H4. The minimum absolute atomic E-state index is 0. The van der Waals surface area contributed by atoms with E-state index in [-0.39, 0.29) is 7.43 Å². The molecule has 7 nitrogen and oxygen atoms in total. The normalized spacial score (nSPS) is 22.5. The smallest absolute Gasteiger partial charge is 0.0594 e. The quantitative estimate of drug-likeness (QED) is 0.350. The molecule has 7 heteroatoms. The summed E-state index contributed by atoms with van der Waals surface area (Å²) >= 11 is 0. The van der Waals surface area contributed by atoms with E-state index < -0.39 is 0 Å². The van der Waals surface area contributed by atoms with Gasteiger partial charge >= 0.3 is 0 Å². The molecule has 5 heterocycles. The van der Waals surface area contributed by atoms with E-state index in [2.05, 4.69) is 99.1 Å². The fourth-order valence-electron chi connectivity index (χ4n) is 6.42.